The van der Waals surface area contributed by atoms with E-state index in [2.05, 4.69) is 10.6 Å². The van der Waals surface area contributed by atoms with E-state index in [1.165, 1.54) is 6.92 Å². The summed E-state index contributed by atoms with van der Waals surface area (Å²) in [6, 6.07) is 3.59. The van der Waals surface area contributed by atoms with Gasteiger partial charge in [-0.2, -0.15) is 0 Å². The van der Waals surface area contributed by atoms with Crippen molar-refractivity contribution in [1.82, 2.24) is 10.2 Å². The molecule has 114 valence electrons. The number of amides is 3. The molecule has 0 aliphatic carbocycles. The molecule has 1 atom stereocenters. The summed E-state index contributed by atoms with van der Waals surface area (Å²) >= 11 is 6.10. The monoisotopic (exact) mass is 309 g/mol. The van der Waals surface area contributed by atoms with Crippen LogP contribution in [0.1, 0.15) is 24.5 Å². The molecule has 0 aromatic heterocycles. The second kappa shape index (κ2) is 6.35. The number of carbonyl (C=O) groups excluding carboxylic acids is 2. The van der Waals surface area contributed by atoms with E-state index in [1.54, 1.807) is 4.90 Å². The van der Waals surface area contributed by atoms with Crippen LogP contribution in [-0.4, -0.2) is 36.0 Å². The van der Waals surface area contributed by atoms with Gasteiger partial charge in [0, 0.05) is 36.8 Å². The van der Waals surface area contributed by atoms with Crippen molar-refractivity contribution in [2.24, 2.45) is 0 Å². The Morgan fingerprint density at radius 1 is 1.33 bits per heavy atom. The number of benzene rings is 1. The highest BCUT2D eigenvalue weighted by Crippen LogP contribution is 2.27. The van der Waals surface area contributed by atoms with Gasteiger partial charge in [-0.15, -0.1) is 0 Å². The summed E-state index contributed by atoms with van der Waals surface area (Å²) in [4.78, 5) is 25.1. The maximum atomic E-state index is 12.3. The van der Waals surface area contributed by atoms with Gasteiger partial charge in [-0.3, -0.25) is 4.79 Å². The van der Waals surface area contributed by atoms with Crippen LogP contribution < -0.4 is 10.6 Å². The fourth-order valence-electron chi connectivity index (χ4n) is 2.55. The van der Waals surface area contributed by atoms with Crippen LogP contribution in [-0.2, 0) is 4.79 Å². The number of carbonyl (C=O) groups is 2. The minimum atomic E-state index is -0.156. The van der Waals surface area contributed by atoms with Gasteiger partial charge < -0.3 is 15.5 Å². The Balaban J connectivity index is 2.03. The lowest BCUT2D eigenvalue weighted by molar-refractivity contribution is -0.119. The lowest BCUT2D eigenvalue weighted by Crippen LogP contribution is -2.39. The van der Waals surface area contributed by atoms with E-state index in [9.17, 15) is 9.59 Å². The van der Waals surface area contributed by atoms with Crippen LogP contribution >= 0.6 is 11.6 Å². The van der Waals surface area contributed by atoms with E-state index in [4.69, 9.17) is 11.6 Å². The van der Waals surface area contributed by atoms with E-state index in [-0.39, 0.29) is 18.0 Å². The quantitative estimate of drug-likeness (QED) is 0.882. The van der Waals surface area contributed by atoms with Crippen LogP contribution in [0.4, 0.5) is 10.5 Å². The Morgan fingerprint density at radius 2 is 2.05 bits per heavy atom. The molecule has 5 nitrogen and oxygen atoms in total. The van der Waals surface area contributed by atoms with Crippen molar-refractivity contribution in [1.29, 1.82) is 0 Å². The van der Waals surface area contributed by atoms with Gasteiger partial charge in [0.05, 0.1) is 0 Å². The first-order valence-corrected chi connectivity index (χ1v) is 7.35. The van der Waals surface area contributed by atoms with Gasteiger partial charge in [-0.25, -0.2) is 4.79 Å². The maximum Gasteiger partial charge on any atom is 0.321 e. The normalized spacial score (nSPS) is 17.7. The number of nitrogens with one attached hydrogen (secondary N) is 2. The number of aryl methyl sites for hydroxylation is 1. The lowest BCUT2D eigenvalue weighted by atomic mass is 10.1. The molecule has 0 saturated carbocycles. The molecule has 6 heteroatoms. The molecule has 3 amide bonds. The highest BCUT2D eigenvalue weighted by molar-refractivity contribution is 6.31. The largest absolute Gasteiger partial charge is 0.352 e. The molecule has 0 radical (unpaired) electrons. The molecular weight excluding hydrogens is 290 g/mol. The summed E-state index contributed by atoms with van der Waals surface area (Å²) in [5.74, 6) is -0.0659. The molecule has 2 N–H and O–H groups in total. The predicted molar refractivity (Wildman–Crippen MR) is 83.7 cm³/mol. The summed E-state index contributed by atoms with van der Waals surface area (Å²) in [5, 5.41) is 6.40. The third-order valence-electron chi connectivity index (χ3n) is 3.72. The van der Waals surface area contributed by atoms with Gasteiger partial charge in [-0.05, 0) is 37.5 Å². The summed E-state index contributed by atoms with van der Waals surface area (Å²) < 4.78 is 0. The molecule has 1 fully saturated rings. The smallest absolute Gasteiger partial charge is 0.321 e. The summed E-state index contributed by atoms with van der Waals surface area (Å²) in [6.45, 7) is 6.47. The van der Waals surface area contributed by atoms with Gasteiger partial charge in [0.25, 0.3) is 0 Å². The average molecular weight is 310 g/mol. The van der Waals surface area contributed by atoms with Crippen molar-refractivity contribution < 1.29 is 9.59 Å². The van der Waals surface area contributed by atoms with Gasteiger partial charge in [0.15, 0.2) is 0 Å². The first kappa shape index (κ1) is 15.6. The number of urea groups is 1. The number of rotatable bonds is 2. The summed E-state index contributed by atoms with van der Waals surface area (Å²) in [6.07, 6.45) is 0.778. The van der Waals surface area contributed by atoms with E-state index >= 15 is 0 Å². The highest BCUT2D eigenvalue weighted by atomic mass is 35.5. The number of hydrogen-bond donors (Lipinski definition) is 2. The van der Waals surface area contributed by atoms with Gasteiger partial charge in [0.1, 0.15) is 0 Å². The molecule has 1 heterocycles. The Labute approximate surface area is 129 Å². The first-order valence-electron chi connectivity index (χ1n) is 6.97. The van der Waals surface area contributed by atoms with E-state index < -0.39 is 0 Å². The molecular formula is C15H20ClN3O2. The molecule has 2 rings (SSSR count). The summed E-state index contributed by atoms with van der Waals surface area (Å²) in [7, 11) is 0. The Bertz CT molecular complexity index is 574. The standard InChI is InChI=1S/C15H20ClN3O2/c1-9-4-5-13(16)10(2)14(9)18-15(21)19-7-6-12(8-19)17-11(3)20/h4-5,12H,6-8H2,1-3H3,(H,17,20)(H,18,21)/t12-/m0/s1. The zero-order chi connectivity index (χ0) is 15.6. The van der Waals surface area contributed by atoms with Crippen molar-refractivity contribution in [2.75, 3.05) is 18.4 Å². The van der Waals surface area contributed by atoms with Crippen LogP contribution in [0, 0.1) is 13.8 Å². The molecule has 0 spiro atoms. The lowest BCUT2D eigenvalue weighted by Gasteiger charge is -2.20. The van der Waals surface area contributed by atoms with Crippen LogP contribution in [0.2, 0.25) is 5.02 Å². The Morgan fingerprint density at radius 3 is 2.71 bits per heavy atom. The second-order valence-corrected chi connectivity index (χ2v) is 5.83. The second-order valence-electron chi connectivity index (χ2n) is 5.43. The topological polar surface area (TPSA) is 61.4 Å². The molecule has 1 aliphatic heterocycles. The Hall–Kier alpha value is -1.75. The van der Waals surface area contributed by atoms with Crippen molar-refractivity contribution in [3.63, 3.8) is 0 Å². The first-order chi connectivity index (χ1) is 9.88. The fourth-order valence-corrected chi connectivity index (χ4v) is 2.71. The van der Waals surface area contributed by atoms with Crippen LogP contribution in [0.5, 0.6) is 0 Å². The van der Waals surface area contributed by atoms with Crippen molar-refractivity contribution in [2.45, 2.75) is 33.2 Å². The number of nitrogens with zero attached hydrogens (tertiary/aromatic N) is 1. The van der Waals surface area contributed by atoms with E-state index in [0.717, 1.165) is 23.2 Å². The van der Waals surface area contributed by atoms with Crippen molar-refractivity contribution in [3.05, 3.63) is 28.3 Å². The maximum absolute atomic E-state index is 12.3. The third-order valence-corrected chi connectivity index (χ3v) is 4.13. The fraction of sp³-hybridized carbons (Fsp3) is 0.467. The van der Waals surface area contributed by atoms with Gasteiger partial charge in [-0.1, -0.05) is 17.7 Å². The van der Waals surface area contributed by atoms with Gasteiger partial charge >= 0.3 is 6.03 Å². The molecule has 1 aliphatic rings. The number of likely N-dealkylation sites (tertiary alicyclic amines) is 1. The number of anilines is 1. The van der Waals surface area contributed by atoms with Crippen LogP contribution in [0.15, 0.2) is 12.1 Å². The van der Waals surface area contributed by atoms with Crippen LogP contribution in [0.25, 0.3) is 0 Å². The third kappa shape index (κ3) is 3.67. The molecule has 1 aromatic carbocycles. The van der Waals surface area contributed by atoms with Crippen molar-refractivity contribution >= 4 is 29.2 Å². The van der Waals surface area contributed by atoms with Crippen LogP contribution in [0.3, 0.4) is 0 Å². The molecule has 21 heavy (non-hydrogen) atoms. The van der Waals surface area contributed by atoms with E-state index in [1.807, 2.05) is 26.0 Å². The SMILES string of the molecule is CC(=O)N[C@H]1CCN(C(=O)Nc2c(C)ccc(Cl)c2C)C1. The Kier molecular flexibility index (Phi) is 4.73. The summed E-state index contributed by atoms with van der Waals surface area (Å²) in [5.41, 5.74) is 2.60. The highest BCUT2D eigenvalue weighted by Gasteiger charge is 2.27. The minimum absolute atomic E-state index is 0.0369. The molecule has 1 aromatic rings. The van der Waals surface area contributed by atoms with Gasteiger partial charge in [0.2, 0.25) is 5.91 Å². The molecule has 0 unspecified atom stereocenters. The number of halogens is 1. The predicted octanol–water partition coefficient (Wildman–Crippen LogP) is 2.70. The minimum Gasteiger partial charge on any atom is -0.352 e. The number of hydrogen-bond acceptors (Lipinski definition) is 2. The molecule has 1 saturated heterocycles. The zero-order valence-corrected chi connectivity index (χ0v) is 13.3. The molecule has 0 bridgehead atoms. The average Bonchev–Trinajstić information content (AvgIpc) is 2.86. The van der Waals surface area contributed by atoms with Crippen molar-refractivity contribution in [3.8, 4) is 0 Å². The zero-order valence-electron chi connectivity index (χ0n) is 12.5. The van der Waals surface area contributed by atoms with E-state index in [0.29, 0.717) is 18.1 Å².